The van der Waals surface area contributed by atoms with E-state index in [4.69, 9.17) is 40.9 Å². The minimum atomic E-state index is -1.67. The Morgan fingerprint density at radius 3 is 1.18 bits per heavy atom. The maximum atomic E-state index is 9.44. The van der Waals surface area contributed by atoms with Crippen LogP contribution in [0.4, 0.5) is 0 Å². The van der Waals surface area contributed by atoms with Gasteiger partial charge in [0.15, 0.2) is 6.29 Å². The van der Waals surface area contributed by atoms with Gasteiger partial charge in [-0.15, -0.1) is 0 Å². The molecular formula is C12H26O10. The van der Waals surface area contributed by atoms with Crippen LogP contribution < -0.4 is 0 Å². The van der Waals surface area contributed by atoms with Gasteiger partial charge in [0, 0.05) is 0 Å². The summed E-state index contributed by atoms with van der Waals surface area (Å²) in [6, 6.07) is 0. The number of aldehydes is 1. The predicted molar refractivity (Wildman–Crippen MR) is 73.7 cm³/mol. The number of rotatable bonds is 7. The molecule has 0 saturated carbocycles. The van der Waals surface area contributed by atoms with Crippen LogP contribution in [-0.2, 0) is 9.59 Å². The van der Waals surface area contributed by atoms with E-state index in [2.05, 4.69) is 0 Å². The zero-order chi connectivity index (χ0) is 18.3. The van der Waals surface area contributed by atoms with Crippen molar-refractivity contribution in [3.63, 3.8) is 0 Å². The molecule has 0 amide bonds. The normalized spacial score (nSPS) is 16.6. The van der Waals surface area contributed by atoms with Gasteiger partial charge in [-0.25, -0.2) is 0 Å². The maximum Gasteiger partial charge on any atom is 0.150 e. The summed E-state index contributed by atoms with van der Waals surface area (Å²) in [6.45, 7) is 1.12. The molecule has 0 bridgehead atoms. The molecule has 22 heavy (non-hydrogen) atoms. The number of aliphatic hydroxyl groups excluding tert-OH is 8. The van der Waals surface area contributed by atoms with Crippen molar-refractivity contribution in [3.05, 3.63) is 0 Å². The van der Waals surface area contributed by atoms with Gasteiger partial charge < -0.3 is 50.4 Å². The first-order valence-corrected chi connectivity index (χ1v) is 6.24. The lowest BCUT2D eigenvalue weighted by molar-refractivity contribution is -0.123. The summed E-state index contributed by atoms with van der Waals surface area (Å²) in [5.74, 6) is 0.167. The third kappa shape index (κ3) is 17.1. The maximum absolute atomic E-state index is 9.44. The topological polar surface area (TPSA) is 196 Å². The minimum absolute atomic E-state index is 0.167. The fourth-order valence-corrected chi connectivity index (χ4v) is 0.714. The molecule has 10 heteroatoms. The number of Topliss-reactive ketones (excluding diaryl/α,β-unsaturated/α-hetero) is 1. The van der Waals surface area contributed by atoms with Gasteiger partial charge in [-0.3, -0.25) is 0 Å². The highest BCUT2D eigenvalue weighted by molar-refractivity contribution is 5.72. The highest BCUT2D eigenvalue weighted by atomic mass is 16.4. The first kappa shape index (κ1) is 25.9. The van der Waals surface area contributed by atoms with E-state index in [9.17, 15) is 9.59 Å². The number of hydrogen-bond donors (Lipinski definition) is 8. The Morgan fingerprint density at radius 1 is 0.818 bits per heavy atom. The fraction of sp³-hybridized carbons (Fsp3) is 0.833. The van der Waals surface area contributed by atoms with Crippen LogP contribution in [0, 0.1) is 0 Å². The van der Waals surface area contributed by atoms with E-state index in [1.54, 1.807) is 0 Å². The molecule has 0 spiro atoms. The van der Waals surface area contributed by atoms with Gasteiger partial charge in [0.05, 0.1) is 19.8 Å². The van der Waals surface area contributed by atoms with Crippen LogP contribution in [-0.4, -0.2) is 103 Å². The van der Waals surface area contributed by atoms with Gasteiger partial charge in [-0.1, -0.05) is 0 Å². The molecule has 0 aromatic carbocycles. The van der Waals surface area contributed by atoms with Gasteiger partial charge in [0.1, 0.15) is 36.3 Å². The predicted octanol–water partition coefficient (Wildman–Crippen LogP) is -4.45. The quantitative estimate of drug-likeness (QED) is 0.211. The van der Waals surface area contributed by atoms with Crippen LogP contribution in [0.2, 0.25) is 0 Å². The lowest BCUT2D eigenvalue weighted by Gasteiger charge is -2.24. The summed E-state index contributed by atoms with van der Waals surface area (Å²) in [5.41, 5.74) is 0. The van der Waals surface area contributed by atoms with Crippen molar-refractivity contribution in [3.8, 4) is 0 Å². The molecule has 0 saturated heterocycles. The van der Waals surface area contributed by atoms with Crippen LogP contribution in [0.1, 0.15) is 13.8 Å². The van der Waals surface area contributed by atoms with Crippen LogP contribution in [0.5, 0.6) is 0 Å². The van der Waals surface area contributed by atoms with Crippen molar-refractivity contribution in [1.82, 2.24) is 0 Å². The Labute approximate surface area is 127 Å². The van der Waals surface area contributed by atoms with Gasteiger partial charge in [0.25, 0.3) is 0 Å². The standard InChI is InChI=1S/C6H14O6.C3H6O3.C3H6O/c7-1-3(9)5(11)6(12)4(10)2-8;4-1-3(6)2-5;1-3(2)4/h3-12H,1-2H2;1,3,5-6H,2H2;1-2H3/t3-,4-,5-,6-;;/m1../s1. The van der Waals surface area contributed by atoms with Crippen LogP contribution in [0.15, 0.2) is 0 Å². The molecular weight excluding hydrogens is 304 g/mol. The Morgan fingerprint density at radius 2 is 1.09 bits per heavy atom. The summed E-state index contributed by atoms with van der Waals surface area (Å²) in [7, 11) is 0. The van der Waals surface area contributed by atoms with Crippen molar-refractivity contribution in [2.45, 2.75) is 44.4 Å². The van der Waals surface area contributed by atoms with Crippen molar-refractivity contribution >= 4 is 12.1 Å². The first-order valence-electron chi connectivity index (χ1n) is 6.24. The lowest BCUT2D eigenvalue weighted by Crippen LogP contribution is -2.46. The number of carbonyl (C=O) groups is 2. The summed E-state index contributed by atoms with van der Waals surface area (Å²) in [6.07, 6.45) is -7.30. The first-order chi connectivity index (χ1) is 10.1. The molecule has 10 nitrogen and oxygen atoms in total. The Balaban J connectivity index is -0.000000300. The minimum Gasteiger partial charge on any atom is -0.394 e. The average Bonchev–Trinajstić information content (AvgIpc) is 2.50. The number of aliphatic hydroxyl groups is 8. The van der Waals surface area contributed by atoms with Crippen LogP contribution in [0.25, 0.3) is 0 Å². The summed E-state index contributed by atoms with van der Waals surface area (Å²) < 4.78 is 0. The second-order valence-corrected chi connectivity index (χ2v) is 4.28. The average molecular weight is 330 g/mol. The van der Waals surface area contributed by atoms with Crippen molar-refractivity contribution in [1.29, 1.82) is 0 Å². The number of ketones is 1. The van der Waals surface area contributed by atoms with E-state index < -0.39 is 50.3 Å². The molecule has 0 fully saturated rings. The zero-order valence-corrected chi connectivity index (χ0v) is 12.5. The van der Waals surface area contributed by atoms with Gasteiger partial charge in [-0.05, 0) is 13.8 Å². The molecule has 8 N–H and O–H groups in total. The number of hydrogen-bond acceptors (Lipinski definition) is 10. The summed E-state index contributed by atoms with van der Waals surface area (Å²) >= 11 is 0. The smallest absolute Gasteiger partial charge is 0.150 e. The van der Waals surface area contributed by atoms with Crippen molar-refractivity contribution in [2.75, 3.05) is 19.8 Å². The highest BCUT2D eigenvalue weighted by Gasteiger charge is 2.29. The zero-order valence-electron chi connectivity index (χ0n) is 12.5. The largest absolute Gasteiger partial charge is 0.394 e. The second-order valence-electron chi connectivity index (χ2n) is 4.28. The molecule has 0 aliphatic carbocycles. The van der Waals surface area contributed by atoms with E-state index in [1.165, 1.54) is 13.8 Å². The fourth-order valence-electron chi connectivity index (χ4n) is 0.714. The Hall–Kier alpha value is -0.980. The Kier molecular flexibility index (Phi) is 19.3. The van der Waals surface area contributed by atoms with Gasteiger partial charge >= 0.3 is 0 Å². The molecule has 0 radical (unpaired) electrons. The molecule has 0 aromatic heterocycles. The molecule has 0 aliphatic rings. The molecule has 0 heterocycles. The molecule has 134 valence electrons. The molecule has 5 atom stereocenters. The Bertz CT molecular complexity index is 255. The summed E-state index contributed by atoms with van der Waals surface area (Å²) in [4.78, 5) is 18.8. The van der Waals surface area contributed by atoms with Crippen LogP contribution in [0.3, 0.4) is 0 Å². The third-order valence-corrected chi connectivity index (χ3v) is 1.86. The van der Waals surface area contributed by atoms with E-state index in [1.807, 2.05) is 0 Å². The van der Waals surface area contributed by atoms with E-state index >= 15 is 0 Å². The van der Waals surface area contributed by atoms with Gasteiger partial charge in [0.2, 0.25) is 0 Å². The molecule has 0 rings (SSSR count). The van der Waals surface area contributed by atoms with E-state index in [0.717, 1.165) is 0 Å². The SMILES string of the molecule is CC(C)=O.O=CC(O)CO.OC[C@@H](O)[C@@H](O)[C@H](O)[C@H](O)CO. The molecule has 0 aromatic rings. The summed E-state index contributed by atoms with van der Waals surface area (Å²) in [5, 5.41) is 68.1. The molecule has 1 unspecified atom stereocenters. The third-order valence-electron chi connectivity index (χ3n) is 1.86. The van der Waals surface area contributed by atoms with E-state index in [0.29, 0.717) is 0 Å². The van der Waals surface area contributed by atoms with Crippen LogP contribution >= 0.6 is 0 Å². The van der Waals surface area contributed by atoms with Gasteiger partial charge in [-0.2, -0.15) is 0 Å². The molecule has 0 aliphatic heterocycles. The number of carbonyl (C=O) groups excluding carboxylic acids is 2. The van der Waals surface area contributed by atoms with Crippen molar-refractivity contribution in [2.24, 2.45) is 0 Å². The van der Waals surface area contributed by atoms with Crippen molar-refractivity contribution < 1.29 is 50.4 Å². The highest BCUT2D eigenvalue weighted by Crippen LogP contribution is 2.03. The second kappa shape index (κ2) is 16.4. The monoisotopic (exact) mass is 330 g/mol. The lowest BCUT2D eigenvalue weighted by atomic mass is 10.0. The van der Waals surface area contributed by atoms with E-state index in [-0.39, 0.29) is 12.1 Å².